The summed E-state index contributed by atoms with van der Waals surface area (Å²) < 4.78 is 59.2. The highest BCUT2D eigenvalue weighted by atomic mass is 19.1. The van der Waals surface area contributed by atoms with Crippen molar-refractivity contribution in [1.82, 2.24) is 14.5 Å². The minimum Gasteiger partial charge on any atom is -0.478 e. The topological polar surface area (TPSA) is 110 Å². The summed E-state index contributed by atoms with van der Waals surface area (Å²) in [6.45, 7) is 2.34. The molecule has 1 unspecified atom stereocenters. The van der Waals surface area contributed by atoms with Crippen LogP contribution in [0.2, 0.25) is 0 Å². The molecule has 5 aromatic rings. The first-order chi connectivity index (χ1) is 21.7. The number of hydrogen-bond donors (Lipinski definition) is 1. The van der Waals surface area contributed by atoms with Gasteiger partial charge >= 0.3 is 5.97 Å². The van der Waals surface area contributed by atoms with E-state index >= 15 is 8.78 Å². The van der Waals surface area contributed by atoms with Crippen LogP contribution in [0.1, 0.15) is 51.3 Å². The van der Waals surface area contributed by atoms with Gasteiger partial charge in [-0.15, -0.1) is 0 Å². The van der Waals surface area contributed by atoms with Gasteiger partial charge in [0, 0.05) is 35.8 Å². The Kier molecular flexibility index (Phi) is 8.24. The molecule has 0 aliphatic carbocycles. The molecule has 1 aliphatic heterocycles. The molecule has 1 fully saturated rings. The second-order valence-electron chi connectivity index (χ2n) is 10.9. The van der Waals surface area contributed by atoms with Crippen LogP contribution in [0.5, 0.6) is 5.88 Å². The number of rotatable bonds is 9. The Morgan fingerprint density at radius 1 is 1.11 bits per heavy atom. The minimum atomic E-state index is -1.08. The summed E-state index contributed by atoms with van der Waals surface area (Å²) in [6.07, 6.45) is 1.59. The van der Waals surface area contributed by atoms with E-state index in [2.05, 4.69) is 9.97 Å². The van der Waals surface area contributed by atoms with E-state index < -0.39 is 23.4 Å². The quantitative estimate of drug-likeness (QED) is 0.196. The SMILES string of the molecule is Cc1c(F)c(-c2cccc(OCc3ccc(C#N)cc3F)n2)cc(F)c1Cc1nc2ccc(C(=O)O)cc2n1CC1CCCO1. The van der Waals surface area contributed by atoms with Crippen LogP contribution in [0.3, 0.4) is 0 Å². The minimum absolute atomic E-state index is 0.0363. The fourth-order valence-electron chi connectivity index (χ4n) is 5.52. The predicted molar refractivity (Wildman–Crippen MR) is 158 cm³/mol. The Labute approximate surface area is 256 Å². The number of carboxylic acids is 1. The van der Waals surface area contributed by atoms with Crippen LogP contribution in [0, 0.1) is 35.7 Å². The van der Waals surface area contributed by atoms with E-state index in [1.807, 2.05) is 10.6 Å². The Balaban J connectivity index is 1.30. The zero-order chi connectivity index (χ0) is 31.7. The van der Waals surface area contributed by atoms with E-state index in [0.29, 0.717) is 30.0 Å². The molecule has 1 saturated heterocycles. The molecule has 3 aromatic carbocycles. The maximum absolute atomic E-state index is 15.9. The Morgan fingerprint density at radius 3 is 2.69 bits per heavy atom. The molecule has 0 radical (unpaired) electrons. The van der Waals surface area contributed by atoms with Gasteiger partial charge in [0.25, 0.3) is 0 Å². The van der Waals surface area contributed by atoms with Crippen LogP contribution in [-0.2, 0) is 24.3 Å². The average Bonchev–Trinajstić information content (AvgIpc) is 3.68. The smallest absolute Gasteiger partial charge is 0.335 e. The highest BCUT2D eigenvalue weighted by Gasteiger charge is 2.24. The molecule has 228 valence electrons. The summed E-state index contributed by atoms with van der Waals surface area (Å²) >= 11 is 0. The molecule has 1 aliphatic rings. The van der Waals surface area contributed by atoms with Crippen molar-refractivity contribution in [2.45, 2.75) is 45.4 Å². The van der Waals surface area contributed by atoms with Gasteiger partial charge in [-0.2, -0.15) is 5.26 Å². The first-order valence-electron chi connectivity index (χ1n) is 14.3. The average molecular weight is 613 g/mol. The maximum Gasteiger partial charge on any atom is 0.335 e. The Morgan fingerprint density at radius 2 is 1.96 bits per heavy atom. The summed E-state index contributed by atoms with van der Waals surface area (Å²) in [6, 6.07) is 16.2. The molecule has 45 heavy (non-hydrogen) atoms. The van der Waals surface area contributed by atoms with Gasteiger partial charge in [-0.25, -0.2) is 27.9 Å². The second-order valence-corrected chi connectivity index (χ2v) is 10.9. The summed E-state index contributed by atoms with van der Waals surface area (Å²) in [4.78, 5) is 20.6. The largest absolute Gasteiger partial charge is 0.478 e. The zero-order valence-corrected chi connectivity index (χ0v) is 24.2. The number of halogens is 3. The lowest BCUT2D eigenvalue weighted by atomic mass is 9.98. The molecule has 0 saturated carbocycles. The summed E-state index contributed by atoms with van der Waals surface area (Å²) in [7, 11) is 0. The number of pyridine rings is 1. The monoisotopic (exact) mass is 612 g/mol. The van der Waals surface area contributed by atoms with E-state index in [0.717, 1.165) is 25.0 Å². The number of nitriles is 1. The molecule has 0 spiro atoms. The molecule has 3 heterocycles. The molecule has 6 rings (SSSR count). The lowest BCUT2D eigenvalue weighted by molar-refractivity contribution is 0.0697. The first-order valence-corrected chi connectivity index (χ1v) is 14.3. The van der Waals surface area contributed by atoms with E-state index in [9.17, 15) is 14.3 Å². The Hall–Kier alpha value is -5.21. The van der Waals surface area contributed by atoms with Crippen molar-refractivity contribution in [2.75, 3.05) is 6.61 Å². The van der Waals surface area contributed by atoms with Crippen molar-refractivity contribution in [1.29, 1.82) is 5.26 Å². The molecule has 1 N–H and O–H groups in total. The molecule has 1 atom stereocenters. The molecule has 11 heteroatoms. The number of nitrogens with zero attached hydrogens (tertiary/aromatic N) is 4. The van der Waals surface area contributed by atoms with Crippen molar-refractivity contribution >= 4 is 17.0 Å². The van der Waals surface area contributed by atoms with Gasteiger partial charge in [-0.05, 0) is 67.8 Å². The van der Waals surface area contributed by atoms with Gasteiger partial charge in [0.05, 0.1) is 46.6 Å². The van der Waals surface area contributed by atoms with E-state index in [4.69, 9.17) is 14.7 Å². The van der Waals surface area contributed by atoms with Crippen LogP contribution in [0.4, 0.5) is 13.2 Å². The van der Waals surface area contributed by atoms with Gasteiger partial charge < -0.3 is 19.1 Å². The van der Waals surface area contributed by atoms with Crippen molar-refractivity contribution in [3.63, 3.8) is 0 Å². The van der Waals surface area contributed by atoms with Crippen molar-refractivity contribution in [2.24, 2.45) is 0 Å². The number of imidazole rings is 1. The zero-order valence-electron chi connectivity index (χ0n) is 24.2. The standard InChI is InChI=1S/C34H27F3N4O4/c1-19-24(15-31-39-29-10-9-21(34(42)43)13-30(29)41(31)17-23-4-3-11-44-23)27(36)14-25(33(19)37)28-5-2-6-32(40-28)45-18-22-8-7-20(16-38)12-26(22)35/h2,5-10,12-14,23H,3-4,11,15,17-18H2,1H3,(H,42,43). The molecule has 0 amide bonds. The second kappa shape index (κ2) is 12.4. The van der Waals surface area contributed by atoms with Crippen LogP contribution in [0.15, 0.2) is 60.7 Å². The molecular formula is C34H27F3N4O4. The number of aromatic nitrogens is 3. The van der Waals surface area contributed by atoms with Gasteiger partial charge in [0.15, 0.2) is 0 Å². The van der Waals surface area contributed by atoms with E-state index in [1.165, 1.54) is 43.3 Å². The number of carboxylic acid groups (broad SMARTS) is 1. The van der Waals surface area contributed by atoms with Crippen LogP contribution in [0.25, 0.3) is 22.3 Å². The lowest BCUT2D eigenvalue weighted by Crippen LogP contribution is -2.18. The van der Waals surface area contributed by atoms with Crippen LogP contribution >= 0.6 is 0 Å². The molecule has 0 bridgehead atoms. The summed E-state index contributed by atoms with van der Waals surface area (Å²) in [5.74, 6) is -2.45. The lowest BCUT2D eigenvalue weighted by Gasteiger charge is -2.16. The predicted octanol–water partition coefficient (Wildman–Crippen LogP) is 6.74. The molecular weight excluding hydrogens is 585 g/mol. The first kappa shape index (κ1) is 29.8. The molecule has 2 aromatic heterocycles. The van der Waals surface area contributed by atoms with Gasteiger partial charge in [0.1, 0.15) is 29.9 Å². The highest BCUT2D eigenvalue weighted by Crippen LogP contribution is 2.32. The number of ether oxygens (including phenoxy) is 2. The number of hydrogen-bond acceptors (Lipinski definition) is 6. The van der Waals surface area contributed by atoms with Gasteiger partial charge in [-0.1, -0.05) is 12.1 Å². The third kappa shape index (κ3) is 6.10. The van der Waals surface area contributed by atoms with Crippen LogP contribution in [-0.4, -0.2) is 38.3 Å². The van der Waals surface area contributed by atoms with E-state index in [-0.39, 0.29) is 64.1 Å². The van der Waals surface area contributed by atoms with Crippen molar-refractivity contribution in [3.8, 4) is 23.2 Å². The van der Waals surface area contributed by atoms with Gasteiger partial charge in [0.2, 0.25) is 5.88 Å². The third-order valence-corrected chi connectivity index (χ3v) is 7.95. The van der Waals surface area contributed by atoms with Gasteiger partial charge in [-0.3, -0.25) is 0 Å². The number of fused-ring (bicyclic) bond motifs is 1. The molecule has 8 nitrogen and oxygen atoms in total. The third-order valence-electron chi connectivity index (χ3n) is 7.95. The fourth-order valence-corrected chi connectivity index (χ4v) is 5.52. The van der Waals surface area contributed by atoms with E-state index in [1.54, 1.807) is 12.1 Å². The Bertz CT molecular complexity index is 1980. The van der Waals surface area contributed by atoms with Crippen molar-refractivity contribution in [3.05, 3.63) is 112 Å². The highest BCUT2D eigenvalue weighted by molar-refractivity contribution is 5.92. The number of benzene rings is 3. The summed E-state index contributed by atoms with van der Waals surface area (Å²) in [5, 5.41) is 18.5. The van der Waals surface area contributed by atoms with Crippen molar-refractivity contribution < 1.29 is 32.5 Å². The van der Waals surface area contributed by atoms with Crippen LogP contribution < -0.4 is 4.74 Å². The number of carbonyl (C=O) groups is 1. The fraction of sp³-hybridized carbons (Fsp3) is 0.235. The summed E-state index contributed by atoms with van der Waals surface area (Å²) in [5.41, 5.74) is 1.88. The maximum atomic E-state index is 15.9. The normalized spacial score (nSPS) is 14.5. The number of aromatic carboxylic acids is 1.